The number of carboxylic acids is 1. The summed E-state index contributed by atoms with van der Waals surface area (Å²) < 4.78 is 15.1. The van der Waals surface area contributed by atoms with Crippen LogP contribution in [0.4, 0.5) is 4.39 Å². The zero-order chi connectivity index (χ0) is 23.2. The molecule has 1 N–H and O–H groups in total. The van der Waals surface area contributed by atoms with Gasteiger partial charge in [-0.2, -0.15) is 4.98 Å². The Hall–Kier alpha value is -3.85. The fraction of sp³-hybridized carbons (Fsp3) is 0.125. The molecule has 0 saturated heterocycles. The van der Waals surface area contributed by atoms with Gasteiger partial charge in [0.15, 0.2) is 5.16 Å². The van der Waals surface area contributed by atoms with Gasteiger partial charge in [-0.15, -0.1) is 0 Å². The summed E-state index contributed by atoms with van der Waals surface area (Å²) in [5.41, 5.74) is 2.92. The lowest BCUT2D eigenvalue weighted by atomic mass is 10.1. The number of nitrogens with zero attached hydrogens (tertiary/aromatic N) is 4. The molecule has 0 unspecified atom stereocenters. The summed E-state index contributed by atoms with van der Waals surface area (Å²) in [5, 5.41) is 9.64. The molecule has 9 heteroatoms. The van der Waals surface area contributed by atoms with E-state index in [4.69, 9.17) is 5.11 Å². The third-order valence-electron chi connectivity index (χ3n) is 4.87. The first-order valence-corrected chi connectivity index (χ1v) is 11.0. The number of carbonyl (C=O) groups is 1. The Kier molecular flexibility index (Phi) is 6.89. The quantitative estimate of drug-likeness (QED) is 0.314. The van der Waals surface area contributed by atoms with Gasteiger partial charge in [0.1, 0.15) is 12.1 Å². The Labute approximate surface area is 193 Å². The Morgan fingerprint density at radius 3 is 2.30 bits per heavy atom. The van der Waals surface area contributed by atoms with Crippen molar-refractivity contribution in [1.29, 1.82) is 0 Å². The number of thioether (sulfide) groups is 1. The Morgan fingerprint density at radius 2 is 1.64 bits per heavy atom. The molecular weight excluding hydrogens is 443 g/mol. The maximum atomic E-state index is 13.2. The van der Waals surface area contributed by atoms with Crippen LogP contribution in [0.1, 0.15) is 32.6 Å². The number of benzene rings is 2. The number of aromatic carboxylic acids is 1. The van der Waals surface area contributed by atoms with Crippen LogP contribution in [0.25, 0.3) is 0 Å². The molecule has 0 atom stereocenters. The zero-order valence-electron chi connectivity index (χ0n) is 17.4. The summed E-state index contributed by atoms with van der Waals surface area (Å²) in [7, 11) is 0. The van der Waals surface area contributed by atoms with E-state index in [2.05, 4.69) is 15.0 Å². The second-order valence-electron chi connectivity index (χ2n) is 7.32. The third kappa shape index (κ3) is 5.89. The second kappa shape index (κ2) is 10.2. The number of rotatable bonds is 8. The number of aromatic nitrogens is 4. The summed E-state index contributed by atoms with van der Waals surface area (Å²) >= 11 is 1.37. The Balaban J connectivity index is 1.64. The average Bonchev–Trinajstić information content (AvgIpc) is 2.82. The van der Waals surface area contributed by atoms with Crippen LogP contribution in [-0.4, -0.2) is 30.6 Å². The first kappa shape index (κ1) is 22.3. The maximum Gasteiger partial charge on any atom is 0.335 e. The number of carboxylic acid groups (broad SMARTS) is 1. The summed E-state index contributed by atoms with van der Waals surface area (Å²) in [6.45, 7) is 0.400. The summed E-state index contributed by atoms with van der Waals surface area (Å²) in [5.74, 6) is -0.788. The van der Waals surface area contributed by atoms with E-state index in [0.717, 1.165) is 16.7 Å². The smallest absolute Gasteiger partial charge is 0.335 e. The van der Waals surface area contributed by atoms with Gasteiger partial charge in [0.05, 0.1) is 5.56 Å². The molecule has 7 nitrogen and oxygen atoms in total. The van der Waals surface area contributed by atoms with Crippen LogP contribution in [0.2, 0.25) is 0 Å². The average molecular weight is 463 g/mol. The standard InChI is InChI=1S/C24H19FN4O3S/c25-21-7-3-17(4-8-21)14-33-24-28-22(30)20(9-18-10-26-15-27-11-18)13-29(24)12-16-1-5-19(6-2-16)23(31)32/h1-8,10-11,13,15H,9,12,14H2,(H,31,32). The molecule has 0 fully saturated rings. The van der Waals surface area contributed by atoms with Crippen molar-refractivity contribution in [3.8, 4) is 0 Å². The molecule has 0 spiro atoms. The van der Waals surface area contributed by atoms with Gasteiger partial charge in [-0.25, -0.2) is 19.2 Å². The SMILES string of the molecule is O=C(O)c1ccc(Cn2cc(Cc3cncnc3)c(=O)nc2SCc2ccc(F)cc2)cc1. The molecule has 2 heterocycles. The fourth-order valence-corrected chi connectivity index (χ4v) is 4.11. The lowest BCUT2D eigenvalue weighted by molar-refractivity contribution is 0.0697. The molecule has 0 amide bonds. The highest BCUT2D eigenvalue weighted by molar-refractivity contribution is 7.98. The maximum absolute atomic E-state index is 13.2. The topological polar surface area (TPSA) is 98.0 Å². The van der Waals surface area contributed by atoms with E-state index in [9.17, 15) is 14.0 Å². The van der Waals surface area contributed by atoms with Crippen LogP contribution in [0.5, 0.6) is 0 Å². The number of hydrogen-bond acceptors (Lipinski definition) is 6. The molecule has 166 valence electrons. The van der Waals surface area contributed by atoms with Crippen molar-refractivity contribution in [2.45, 2.75) is 23.9 Å². The molecule has 4 aromatic rings. The molecule has 0 aliphatic carbocycles. The van der Waals surface area contributed by atoms with E-state index in [-0.39, 0.29) is 16.9 Å². The highest BCUT2D eigenvalue weighted by Crippen LogP contribution is 2.22. The van der Waals surface area contributed by atoms with Gasteiger partial charge in [0, 0.05) is 42.9 Å². The Morgan fingerprint density at radius 1 is 0.970 bits per heavy atom. The van der Waals surface area contributed by atoms with Crippen molar-refractivity contribution in [2.75, 3.05) is 0 Å². The third-order valence-corrected chi connectivity index (χ3v) is 5.93. The minimum Gasteiger partial charge on any atom is -0.478 e. The highest BCUT2D eigenvalue weighted by atomic mass is 32.2. The van der Waals surface area contributed by atoms with Gasteiger partial charge in [-0.1, -0.05) is 36.0 Å². The molecule has 2 aromatic carbocycles. The van der Waals surface area contributed by atoms with Crippen LogP contribution in [-0.2, 0) is 18.7 Å². The number of halogens is 1. The van der Waals surface area contributed by atoms with E-state index < -0.39 is 5.97 Å². The zero-order valence-corrected chi connectivity index (χ0v) is 18.2. The number of hydrogen-bond donors (Lipinski definition) is 1. The fourth-order valence-electron chi connectivity index (χ4n) is 3.19. The van der Waals surface area contributed by atoms with Crippen molar-refractivity contribution in [3.63, 3.8) is 0 Å². The Bertz CT molecular complexity index is 1310. The lowest BCUT2D eigenvalue weighted by Gasteiger charge is -2.14. The van der Waals surface area contributed by atoms with Crippen molar-refractivity contribution in [3.05, 3.63) is 117 Å². The predicted molar refractivity (Wildman–Crippen MR) is 122 cm³/mol. The van der Waals surface area contributed by atoms with Crippen LogP contribution >= 0.6 is 11.8 Å². The van der Waals surface area contributed by atoms with Crippen molar-refractivity contribution >= 4 is 17.7 Å². The van der Waals surface area contributed by atoms with Crippen LogP contribution in [0, 0.1) is 5.82 Å². The molecule has 0 aliphatic heterocycles. The highest BCUT2D eigenvalue weighted by Gasteiger charge is 2.12. The molecule has 2 aromatic heterocycles. The minimum absolute atomic E-state index is 0.201. The van der Waals surface area contributed by atoms with Gasteiger partial charge < -0.3 is 9.67 Å². The normalized spacial score (nSPS) is 10.8. The van der Waals surface area contributed by atoms with Gasteiger partial charge in [-0.05, 0) is 41.0 Å². The molecule has 0 saturated carbocycles. The van der Waals surface area contributed by atoms with Crippen molar-refractivity contribution < 1.29 is 14.3 Å². The molecular formula is C24H19FN4O3S. The van der Waals surface area contributed by atoms with Gasteiger partial charge in [0.25, 0.3) is 5.56 Å². The van der Waals surface area contributed by atoms with E-state index in [1.54, 1.807) is 55.0 Å². The predicted octanol–water partition coefficient (Wildman–Crippen LogP) is 3.80. The molecule has 33 heavy (non-hydrogen) atoms. The van der Waals surface area contributed by atoms with Crippen LogP contribution < -0.4 is 5.56 Å². The second-order valence-corrected chi connectivity index (χ2v) is 8.26. The summed E-state index contributed by atoms with van der Waals surface area (Å²) in [6, 6.07) is 12.7. The van der Waals surface area contributed by atoms with Gasteiger partial charge in [-0.3, -0.25) is 4.79 Å². The largest absolute Gasteiger partial charge is 0.478 e. The van der Waals surface area contributed by atoms with Crippen LogP contribution in [0.15, 0.2) is 83.4 Å². The minimum atomic E-state index is -0.991. The van der Waals surface area contributed by atoms with E-state index in [1.165, 1.54) is 30.2 Å². The summed E-state index contributed by atoms with van der Waals surface area (Å²) in [4.78, 5) is 36.2. The van der Waals surface area contributed by atoms with Crippen molar-refractivity contribution in [1.82, 2.24) is 19.5 Å². The van der Waals surface area contributed by atoms with Gasteiger partial charge in [0.2, 0.25) is 0 Å². The van der Waals surface area contributed by atoms with E-state index in [1.807, 2.05) is 4.57 Å². The molecule has 0 bridgehead atoms. The summed E-state index contributed by atoms with van der Waals surface area (Å²) in [6.07, 6.45) is 6.83. The lowest BCUT2D eigenvalue weighted by Crippen LogP contribution is -2.20. The molecule has 4 rings (SSSR count). The monoisotopic (exact) mass is 462 g/mol. The van der Waals surface area contributed by atoms with Gasteiger partial charge >= 0.3 is 5.97 Å². The first-order valence-electron chi connectivity index (χ1n) is 10.0. The van der Waals surface area contributed by atoms with Crippen LogP contribution in [0.3, 0.4) is 0 Å². The molecule has 0 aliphatic rings. The first-order chi connectivity index (χ1) is 16.0. The molecule has 0 radical (unpaired) electrons. The van der Waals surface area contributed by atoms with E-state index in [0.29, 0.717) is 29.4 Å². The van der Waals surface area contributed by atoms with E-state index >= 15 is 0 Å². The van der Waals surface area contributed by atoms with Crippen molar-refractivity contribution in [2.24, 2.45) is 0 Å².